The van der Waals surface area contributed by atoms with Gasteiger partial charge >= 0.3 is 0 Å². The Morgan fingerprint density at radius 1 is 1.17 bits per heavy atom. The van der Waals surface area contributed by atoms with E-state index in [0.717, 1.165) is 11.5 Å². The number of hydrogen-bond donors (Lipinski definition) is 2. The molecule has 4 heteroatoms. The van der Waals surface area contributed by atoms with Crippen molar-refractivity contribution in [2.75, 3.05) is 26.8 Å². The average Bonchev–Trinajstić information content (AvgIpc) is 2.40. The first kappa shape index (κ1) is 14.8. The summed E-state index contributed by atoms with van der Waals surface area (Å²) >= 11 is 0. The van der Waals surface area contributed by atoms with E-state index in [0.29, 0.717) is 25.6 Å². The van der Waals surface area contributed by atoms with Gasteiger partial charge in [-0.1, -0.05) is 13.0 Å². The minimum Gasteiger partial charge on any atom is -0.493 e. The van der Waals surface area contributed by atoms with Crippen molar-refractivity contribution in [2.24, 2.45) is 17.4 Å². The quantitative estimate of drug-likeness (QED) is 0.775. The molecule has 0 fully saturated rings. The van der Waals surface area contributed by atoms with Gasteiger partial charge in [0.2, 0.25) is 0 Å². The lowest BCUT2D eigenvalue weighted by atomic mass is 9.87. The van der Waals surface area contributed by atoms with Crippen molar-refractivity contribution in [2.45, 2.75) is 19.8 Å². The molecule has 0 spiro atoms. The van der Waals surface area contributed by atoms with Crippen LogP contribution >= 0.6 is 0 Å². The van der Waals surface area contributed by atoms with E-state index in [2.05, 4.69) is 13.0 Å². The molecule has 4 nitrogen and oxygen atoms in total. The van der Waals surface area contributed by atoms with Crippen LogP contribution in [0.2, 0.25) is 0 Å². The van der Waals surface area contributed by atoms with Gasteiger partial charge in [0.05, 0.1) is 13.7 Å². The number of benzene rings is 1. The maximum absolute atomic E-state index is 5.73. The summed E-state index contributed by atoms with van der Waals surface area (Å²) in [4.78, 5) is 0. The predicted octanol–water partition coefficient (Wildman–Crippen LogP) is 1.73. The second kappa shape index (κ2) is 7.24. The molecule has 0 saturated heterocycles. The van der Waals surface area contributed by atoms with Gasteiger partial charge in [-0.2, -0.15) is 0 Å². The maximum Gasteiger partial charge on any atom is 0.161 e. The highest BCUT2D eigenvalue weighted by atomic mass is 16.5. The van der Waals surface area contributed by atoms with E-state index in [-0.39, 0.29) is 5.92 Å². The van der Waals surface area contributed by atoms with Crippen molar-refractivity contribution in [3.05, 3.63) is 23.8 Å². The Morgan fingerprint density at radius 3 is 2.33 bits per heavy atom. The Bertz CT molecular complexity index is 365. The molecule has 1 aromatic carbocycles. The zero-order valence-electron chi connectivity index (χ0n) is 11.5. The van der Waals surface area contributed by atoms with Crippen LogP contribution in [-0.2, 0) is 0 Å². The van der Waals surface area contributed by atoms with Gasteiger partial charge in [0.15, 0.2) is 11.5 Å². The van der Waals surface area contributed by atoms with Crippen molar-refractivity contribution < 1.29 is 9.47 Å². The molecule has 0 aliphatic rings. The molecule has 4 N–H and O–H groups in total. The maximum atomic E-state index is 5.73. The summed E-state index contributed by atoms with van der Waals surface area (Å²) in [6, 6.07) is 6.00. The van der Waals surface area contributed by atoms with Gasteiger partial charge < -0.3 is 20.9 Å². The predicted molar refractivity (Wildman–Crippen MR) is 74.2 cm³/mol. The first-order chi connectivity index (χ1) is 8.67. The van der Waals surface area contributed by atoms with Gasteiger partial charge in [-0.15, -0.1) is 0 Å². The fraction of sp³-hybridized carbons (Fsp3) is 0.571. The Hall–Kier alpha value is -1.26. The highest BCUT2D eigenvalue weighted by Crippen LogP contribution is 2.33. The van der Waals surface area contributed by atoms with Gasteiger partial charge in [-0.3, -0.25) is 0 Å². The summed E-state index contributed by atoms with van der Waals surface area (Å²) < 4.78 is 10.8. The largest absolute Gasteiger partial charge is 0.493 e. The summed E-state index contributed by atoms with van der Waals surface area (Å²) in [5, 5.41) is 0. The Kier molecular flexibility index (Phi) is 5.95. The standard InChI is InChI=1S/C14H24N2O2/c1-4-18-13-6-5-11(7-14(13)17-3)10(2)12(8-15)9-16/h5-7,10,12H,4,8-9,15-16H2,1-3H3. The van der Waals surface area contributed by atoms with Crippen molar-refractivity contribution in [3.63, 3.8) is 0 Å². The third-order valence-electron chi connectivity index (χ3n) is 3.33. The fourth-order valence-corrected chi connectivity index (χ4v) is 2.02. The molecule has 1 unspecified atom stereocenters. The van der Waals surface area contributed by atoms with Crippen LogP contribution in [0.15, 0.2) is 18.2 Å². The molecule has 0 aromatic heterocycles. The lowest BCUT2D eigenvalue weighted by Gasteiger charge is -2.22. The Labute approximate surface area is 109 Å². The van der Waals surface area contributed by atoms with Crippen LogP contribution in [-0.4, -0.2) is 26.8 Å². The number of rotatable bonds is 7. The number of hydrogen-bond acceptors (Lipinski definition) is 4. The first-order valence-electron chi connectivity index (χ1n) is 6.38. The number of ether oxygens (including phenoxy) is 2. The third-order valence-corrected chi connectivity index (χ3v) is 3.33. The molecule has 0 bridgehead atoms. The summed E-state index contributed by atoms with van der Waals surface area (Å²) in [5.41, 5.74) is 12.6. The second-order valence-electron chi connectivity index (χ2n) is 4.36. The molecule has 18 heavy (non-hydrogen) atoms. The number of nitrogens with two attached hydrogens (primary N) is 2. The zero-order chi connectivity index (χ0) is 13.5. The molecule has 0 radical (unpaired) electrons. The van der Waals surface area contributed by atoms with E-state index in [4.69, 9.17) is 20.9 Å². The summed E-state index contributed by atoms with van der Waals surface area (Å²) in [6.07, 6.45) is 0. The highest BCUT2D eigenvalue weighted by molar-refractivity contribution is 5.44. The van der Waals surface area contributed by atoms with Crippen LogP contribution in [0.1, 0.15) is 25.3 Å². The SMILES string of the molecule is CCOc1ccc(C(C)C(CN)CN)cc1OC. The number of methoxy groups -OCH3 is 1. The van der Waals surface area contributed by atoms with Crippen LogP contribution in [0.25, 0.3) is 0 Å². The molecule has 0 saturated carbocycles. The van der Waals surface area contributed by atoms with Crippen LogP contribution in [0, 0.1) is 5.92 Å². The van der Waals surface area contributed by atoms with Crippen molar-refractivity contribution in [1.82, 2.24) is 0 Å². The molecular weight excluding hydrogens is 228 g/mol. The third kappa shape index (κ3) is 3.37. The van der Waals surface area contributed by atoms with Gasteiger partial charge in [-0.25, -0.2) is 0 Å². The van der Waals surface area contributed by atoms with Crippen LogP contribution in [0.5, 0.6) is 11.5 Å². The summed E-state index contributed by atoms with van der Waals surface area (Å²) in [6.45, 7) is 5.90. The highest BCUT2D eigenvalue weighted by Gasteiger charge is 2.17. The van der Waals surface area contributed by atoms with E-state index < -0.39 is 0 Å². The molecule has 1 aromatic rings. The molecule has 1 rings (SSSR count). The Balaban J connectivity index is 2.97. The topological polar surface area (TPSA) is 70.5 Å². The van der Waals surface area contributed by atoms with Gasteiger partial charge in [-0.05, 0) is 49.5 Å². The zero-order valence-corrected chi connectivity index (χ0v) is 11.5. The van der Waals surface area contributed by atoms with E-state index >= 15 is 0 Å². The molecule has 1 atom stereocenters. The van der Waals surface area contributed by atoms with E-state index in [1.807, 2.05) is 19.1 Å². The van der Waals surface area contributed by atoms with Crippen molar-refractivity contribution >= 4 is 0 Å². The molecular formula is C14H24N2O2. The van der Waals surface area contributed by atoms with E-state index in [1.54, 1.807) is 7.11 Å². The second-order valence-corrected chi connectivity index (χ2v) is 4.36. The van der Waals surface area contributed by atoms with Crippen LogP contribution in [0.3, 0.4) is 0 Å². The molecule has 0 heterocycles. The van der Waals surface area contributed by atoms with E-state index in [1.165, 1.54) is 5.56 Å². The first-order valence-corrected chi connectivity index (χ1v) is 6.38. The molecule has 0 aliphatic carbocycles. The normalized spacial score (nSPS) is 12.6. The van der Waals surface area contributed by atoms with Crippen molar-refractivity contribution in [3.8, 4) is 11.5 Å². The fourth-order valence-electron chi connectivity index (χ4n) is 2.02. The van der Waals surface area contributed by atoms with Crippen LogP contribution < -0.4 is 20.9 Å². The monoisotopic (exact) mass is 252 g/mol. The van der Waals surface area contributed by atoms with Crippen molar-refractivity contribution in [1.29, 1.82) is 0 Å². The smallest absolute Gasteiger partial charge is 0.161 e. The minimum atomic E-state index is 0.285. The molecule has 0 aliphatic heterocycles. The van der Waals surface area contributed by atoms with E-state index in [9.17, 15) is 0 Å². The van der Waals surface area contributed by atoms with Gasteiger partial charge in [0.1, 0.15) is 0 Å². The lowest BCUT2D eigenvalue weighted by molar-refractivity contribution is 0.310. The van der Waals surface area contributed by atoms with Crippen LogP contribution in [0.4, 0.5) is 0 Å². The molecule has 0 amide bonds. The summed E-state index contributed by atoms with van der Waals surface area (Å²) in [5.74, 6) is 2.12. The lowest BCUT2D eigenvalue weighted by Crippen LogP contribution is -2.27. The minimum absolute atomic E-state index is 0.285. The van der Waals surface area contributed by atoms with Gasteiger partial charge in [0.25, 0.3) is 0 Å². The average molecular weight is 252 g/mol. The Morgan fingerprint density at radius 2 is 1.83 bits per heavy atom. The summed E-state index contributed by atoms with van der Waals surface area (Å²) in [7, 11) is 1.65. The van der Waals surface area contributed by atoms with Gasteiger partial charge in [0, 0.05) is 0 Å². The molecule has 102 valence electrons.